The topological polar surface area (TPSA) is 29.5 Å². The number of hydrogen-bond acceptors (Lipinski definition) is 2. The highest BCUT2D eigenvalue weighted by Gasteiger charge is 2.16. The van der Waals surface area contributed by atoms with Gasteiger partial charge in [-0.2, -0.15) is 0 Å². The number of halogens is 4. The van der Waals surface area contributed by atoms with Crippen LogP contribution in [0, 0.1) is 18.6 Å². The highest BCUT2D eigenvalue weighted by molar-refractivity contribution is 9.10. The fraction of sp³-hybridized carbons (Fsp3) is 0.200. The van der Waals surface area contributed by atoms with Gasteiger partial charge in [-0.15, -0.1) is 0 Å². The molecule has 0 radical (unpaired) electrons. The summed E-state index contributed by atoms with van der Waals surface area (Å²) in [6.45, 7) is 3.07. The quantitative estimate of drug-likeness (QED) is 0.712. The molecule has 0 heterocycles. The second kappa shape index (κ2) is 6.30. The lowest BCUT2D eigenvalue weighted by Crippen LogP contribution is -1.99. The summed E-state index contributed by atoms with van der Waals surface area (Å²) in [5.41, 5.74) is 0.639. The third kappa shape index (κ3) is 3.54. The maximum atomic E-state index is 13.6. The van der Waals surface area contributed by atoms with Gasteiger partial charge in [-0.3, -0.25) is 0 Å². The molecule has 0 aliphatic rings. The lowest BCUT2D eigenvalue weighted by molar-refractivity contribution is 0.195. The molecular weight excluding hydrogens is 366 g/mol. The molecule has 0 spiro atoms. The molecule has 2 aromatic carbocycles. The average Bonchev–Trinajstić information content (AvgIpc) is 2.39. The Balaban J connectivity index is 2.48. The smallest absolute Gasteiger partial charge is 0.145 e. The largest absolute Gasteiger partial charge is 0.456 e. The second-order valence-electron chi connectivity index (χ2n) is 4.61. The normalized spacial score (nSPS) is 12.3. The molecule has 0 unspecified atom stereocenters. The molecule has 0 aliphatic heterocycles. The van der Waals surface area contributed by atoms with Crippen molar-refractivity contribution in [3.8, 4) is 11.5 Å². The Bertz CT molecular complexity index is 690. The maximum absolute atomic E-state index is 13.6. The van der Waals surface area contributed by atoms with Crippen molar-refractivity contribution in [2.24, 2.45) is 0 Å². The van der Waals surface area contributed by atoms with E-state index in [9.17, 15) is 13.9 Å². The first-order chi connectivity index (χ1) is 9.79. The molecule has 2 aromatic rings. The molecule has 1 atom stereocenters. The van der Waals surface area contributed by atoms with Crippen molar-refractivity contribution >= 4 is 27.5 Å². The van der Waals surface area contributed by atoms with Crippen molar-refractivity contribution in [3.63, 3.8) is 0 Å². The zero-order valence-electron chi connectivity index (χ0n) is 11.3. The zero-order valence-corrected chi connectivity index (χ0v) is 13.6. The summed E-state index contributed by atoms with van der Waals surface area (Å²) >= 11 is 8.89. The minimum Gasteiger partial charge on any atom is -0.456 e. The summed E-state index contributed by atoms with van der Waals surface area (Å²) in [7, 11) is 0. The number of rotatable bonds is 3. The van der Waals surface area contributed by atoms with Crippen LogP contribution in [0.4, 0.5) is 8.78 Å². The lowest BCUT2D eigenvalue weighted by Gasteiger charge is -2.15. The standard InChI is InChI=1S/C15H12BrClF2O2/c1-7-3-14(9(8(2)20)4-12(7)18)21-15-6-13(19)11(17)5-10(15)16/h3-6,8,20H,1-2H3/t8-/m0/s1. The van der Waals surface area contributed by atoms with Gasteiger partial charge in [-0.1, -0.05) is 11.6 Å². The Morgan fingerprint density at radius 1 is 1.14 bits per heavy atom. The van der Waals surface area contributed by atoms with E-state index in [1.54, 1.807) is 6.92 Å². The maximum Gasteiger partial charge on any atom is 0.145 e. The fourth-order valence-electron chi connectivity index (χ4n) is 1.79. The summed E-state index contributed by atoms with van der Waals surface area (Å²) in [4.78, 5) is 0. The van der Waals surface area contributed by atoms with Gasteiger partial charge >= 0.3 is 0 Å². The summed E-state index contributed by atoms with van der Waals surface area (Å²) in [5, 5.41) is 9.67. The molecule has 2 rings (SSSR count). The Labute approximate surface area is 134 Å². The molecule has 2 nitrogen and oxygen atoms in total. The van der Waals surface area contributed by atoms with E-state index in [4.69, 9.17) is 16.3 Å². The van der Waals surface area contributed by atoms with Crippen LogP contribution in [0.2, 0.25) is 5.02 Å². The number of hydrogen-bond donors (Lipinski definition) is 1. The first-order valence-electron chi connectivity index (χ1n) is 6.10. The first-order valence-corrected chi connectivity index (χ1v) is 7.27. The van der Waals surface area contributed by atoms with Gasteiger partial charge in [-0.25, -0.2) is 8.78 Å². The van der Waals surface area contributed by atoms with E-state index in [1.165, 1.54) is 25.1 Å². The third-order valence-electron chi connectivity index (χ3n) is 2.94. The number of ether oxygens (including phenoxy) is 1. The van der Waals surface area contributed by atoms with Crippen molar-refractivity contribution < 1.29 is 18.6 Å². The zero-order chi connectivity index (χ0) is 15.7. The van der Waals surface area contributed by atoms with Gasteiger partial charge in [0, 0.05) is 11.6 Å². The van der Waals surface area contributed by atoms with Crippen LogP contribution in [-0.2, 0) is 0 Å². The highest BCUT2D eigenvalue weighted by Crippen LogP contribution is 2.37. The summed E-state index contributed by atoms with van der Waals surface area (Å²) < 4.78 is 33.2. The second-order valence-corrected chi connectivity index (χ2v) is 5.88. The van der Waals surface area contributed by atoms with Crippen LogP contribution >= 0.6 is 27.5 Å². The van der Waals surface area contributed by atoms with Gasteiger partial charge in [0.2, 0.25) is 0 Å². The van der Waals surface area contributed by atoms with Crippen molar-refractivity contribution in [1.29, 1.82) is 0 Å². The van der Waals surface area contributed by atoms with Crippen LogP contribution in [0.25, 0.3) is 0 Å². The van der Waals surface area contributed by atoms with Crippen LogP contribution in [0.1, 0.15) is 24.2 Å². The van der Waals surface area contributed by atoms with E-state index in [2.05, 4.69) is 15.9 Å². The number of aliphatic hydroxyl groups is 1. The fourth-order valence-corrected chi connectivity index (χ4v) is 2.51. The molecule has 21 heavy (non-hydrogen) atoms. The van der Waals surface area contributed by atoms with Gasteiger partial charge in [0.05, 0.1) is 15.6 Å². The van der Waals surface area contributed by atoms with Gasteiger partial charge in [0.1, 0.15) is 23.1 Å². The van der Waals surface area contributed by atoms with Crippen LogP contribution in [0.5, 0.6) is 11.5 Å². The van der Waals surface area contributed by atoms with Crippen molar-refractivity contribution in [3.05, 3.63) is 56.5 Å². The lowest BCUT2D eigenvalue weighted by atomic mass is 10.1. The Hall–Kier alpha value is -1.17. The van der Waals surface area contributed by atoms with E-state index >= 15 is 0 Å². The van der Waals surface area contributed by atoms with Crippen LogP contribution in [0.15, 0.2) is 28.7 Å². The molecule has 0 amide bonds. The molecule has 0 bridgehead atoms. The predicted molar refractivity (Wildman–Crippen MR) is 81.0 cm³/mol. The molecule has 0 fully saturated rings. The van der Waals surface area contributed by atoms with Gasteiger partial charge < -0.3 is 9.84 Å². The number of aryl methyl sites for hydroxylation is 1. The minimum atomic E-state index is -0.925. The van der Waals surface area contributed by atoms with E-state index in [0.29, 0.717) is 10.0 Å². The molecule has 0 aromatic heterocycles. The molecule has 0 saturated carbocycles. The Morgan fingerprint density at radius 3 is 2.43 bits per heavy atom. The highest BCUT2D eigenvalue weighted by atomic mass is 79.9. The molecular formula is C15H12BrClF2O2. The van der Waals surface area contributed by atoms with Gasteiger partial charge in [0.25, 0.3) is 0 Å². The third-order valence-corrected chi connectivity index (χ3v) is 3.85. The molecule has 1 N–H and O–H groups in total. The molecule has 6 heteroatoms. The Kier molecular flexibility index (Phi) is 4.86. The summed E-state index contributed by atoms with van der Waals surface area (Å²) in [6.07, 6.45) is -0.925. The van der Waals surface area contributed by atoms with E-state index in [-0.39, 0.29) is 22.1 Å². The predicted octanol–water partition coefficient (Wildman–Crippen LogP) is 5.53. The van der Waals surface area contributed by atoms with E-state index in [1.807, 2.05) is 0 Å². The van der Waals surface area contributed by atoms with E-state index < -0.39 is 17.7 Å². The molecule has 0 aliphatic carbocycles. The van der Waals surface area contributed by atoms with E-state index in [0.717, 1.165) is 6.07 Å². The molecule has 112 valence electrons. The summed E-state index contributed by atoms with van der Waals surface area (Å²) in [5.74, 6) is -0.636. The first kappa shape index (κ1) is 16.2. The van der Waals surface area contributed by atoms with Crippen LogP contribution in [0.3, 0.4) is 0 Å². The minimum absolute atomic E-state index is 0.0414. The van der Waals surface area contributed by atoms with Gasteiger partial charge in [-0.05, 0) is 53.5 Å². The van der Waals surface area contributed by atoms with Crippen molar-refractivity contribution in [2.75, 3.05) is 0 Å². The monoisotopic (exact) mass is 376 g/mol. The van der Waals surface area contributed by atoms with Crippen molar-refractivity contribution in [1.82, 2.24) is 0 Å². The summed E-state index contributed by atoms with van der Waals surface area (Å²) in [6, 6.07) is 5.15. The van der Waals surface area contributed by atoms with Crippen LogP contribution < -0.4 is 4.74 Å². The number of aliphatic hydroxyl groups excluding tert-OH is 1. The average molecular weight is 378 g/mol. The Morgan fingerprint density at radius 2 is 1.81 bits per heavy atom. The SMILES string of the molecule is Cc1cc(Oc2cc(F)c(Cl)cc2Br)c([C@H](C)O)cc1F. The number of benzene rings is 2. The molecule has 0 saturated heterocycles. The van der Waals surface area contributed by atoms with Crippen LogP contribution in [-0.4, -0.2) is 5.11 Å². The van der Waals surface area contributed by atoms with Crippen molar-refractivity contribution in [2.45, 2.75) is 20.0 Å². The van der Waals surface area contributed by atoms with Gasteiger partial charge in [0.15, 0.2) is 0 Å².